The first-order valence-electron chi connectivity index (χ1n) is 6.31. The lowest BCUT2D eigenvalue weighted by atomic mass is 9.84. The lowest BCUT2D eigenvalue weighted by Crippen LogP contribution is -2.35. The molecule has 1 aromatic heterocycles. The molecule has 0 radical (unpaired) electrons. The van der Waals surface area contributed by atoms with Crippen LogP contribution in [0.25, 0.3) is 11.1 Å². The predicted molar refractivity (Wildman–Crippen MR) is 73.7 cm³/mol. The van der Waals surface area contributed by atoms with Crippen molar-refractivity contribution in [2.24, 2.45) is 5.73 Å². The summed E-state index contributed by atoms with van der Waals surface area (Å²) in [5.74, 6) is 0.709. The second kappa shape index (κ2) is 5.08. The molecule has 0 unspecified atom stereocenters. The van der Waals surface area contributed by atoms with Crippen molar-refractivity contribution in [2.45, 2.75) is 26.2 Å². The van der Waals surface area contributed by atoms with Gasteiger partial charge in [0.2, 0.25) is 0 Å². The zero-order valence-corrected chi connectivity index (χ0v) is 11.3. The minimum Gasteiger partial charge on any atom is -0.441 e. The third-order valence-electron chi connectivity index (χ3n) is 3.16. The van der Waals surface area contributed by atoms with Gasteiger partial charge in [-0.25, -0.2) is 4.98 Å². The van der Waals surface area contributed by atoms with Crippen LogP contribution >= 0.6 is 0 Å². The highest BCUT2D eigenvalue weighted by molar-refractivity contribution is 5.73. The summed E-state index contributed by atoms with van der Waals surface area (Å²) in [6.07, 6.45) is 0. The van der Waals surface area contributed by atoms with E-state index in [4.69, 9.17) is 10.2 Å². The van der Waals surface area contributed by atoms with Crippen LogP contribution in [0.4, 0.5) is 0 Å². The molecule has 98 valence electrons. The van der Waals surface area contributed by atoms with Crippen molar-refractivity contribution in [3.05, 3.63) is 29.7 Å². The minimum absolute atomic E-state index is 0.0518. The standard InChI is InChI=1S/C14H21N3O/c1-10-17-12-8-11(4-5-13(12)18-10)14(2,3)9-16-7-6-15/h4-5,8,16H,6-7,9,15H2,1-3H3. The van der Waals surface area contributed by atoms with E-state index in [-0.39, 0.29) is 5.41 Å². The molecule has 0 atom stereocenters. The predicted octanol–water partition coefficient (Wildman–Crippen LogP) is 1.96. The van der Waals surface area contributed by atoms with Gasteiger partial charge in [0.15, 0.2) is 11.5 Å². The van der Waals surface area contributed by atoms with Crippen LogP contribution in [-0.4, -0.2) is 24.6 Å². The highest BCUT2D eigenvalue weighted by Crippen LogP contribution is 2.26. The van der Waals surface area contributed by atoms with Gasteiger partial charge in [-0.15, -0.1) is 0 Å². The van der Waals surface area contributed by atoms with Crippen molar-refractivity contribution in [1.29, 1.82) is 0 Å². The average molecular weight is 247 g/mol. The first-order valence-corrected chi connectivity index (χ1v) is 6.31. The normalized spacial score (nSPS) is 12.2. The van der Waals surface area contributed by atoms with Gasteiger partial charge in [0.05, 0.1) is 0 Å². The molecular weight excluding hydrogens is 226 g/mol. The largest absolute Gasteiger partial charge is 0.441 e. The van der Waals surface area contributed by atoms with E-state index < -0.39 is 0 Å². The number of oxazole rings is 1. The molecule has 1 heterocycles. The van der Waals surface area contributed by atoms with Gasteiger partial charge in [-0.05, 0) is 17.7 Å². The van der Waals surface area contributed by atoms with Crippen LogP contribution in [0.15, 0.2) is 22.6 Å². The zero-order chi connectivity index (χ0) is 13.2. The van der Waals surface area contributed by atoms with Crippen molar-refractivity contribution in [1.82, 2.24) is 10.3 Å². The van der Waals surface area contributed by atoms with Crippen LogP contribution in [-0.2, 0) is 5.41 Å². The van der Waals surface area contributed by atoms with E-state index in [9.17, 15) is 0 Å². The summed E-state index contributed by atoms with van der Waals surface area (Å²) in [6.45, 7) is 8.70. The Morgan fingerprint density at radius 1 is 1.39 bits per heavy atom. The van der Waals surface area contributed by atoms with E-state index in [1.807, 2.05) is 13.0 Å². The third kappa shape index (κ3) is 2.71. The molecule has 0 fully saturated rings. The fourth-order valence-electron chi connectivity index (χ4n) is 2.07. The highest BCUT2D eigenvalue weighted by atomic mass is 16.3. The summed E-state index contributed by atoms with van der Waals surface area (Å²) >= 11 is 0. The maximum atomic E-state index is 5.49. The van der Waals surface area contributed by atoms with E-state index in [0.717, 1.165) is 24.2 Å². The molecule has 2 rings (SSSR count). The van der Waals surface area contributed by atoms with E-state index in [1.54, 1.807) is 0 Å². The molecule has 18 heavy (non-hydrogen) atoms. The maximum absolute atomic E-state index is 5.49. The smallest absolute Gasteiger partial charge is 0.192 e. The Hall–Kier alpha value is -1.39. The number of benzene rings is 1. The topological polar surface area (TPSA) is 64.1 Å². The lowest BCUT2D eigenvalue weighted by Gasteiger charge is -2.25. The van der Waals surface area contributed by atoms with Gasteiger partial charge in [0.1, 0.15) is 5.52 Å². The Morgan fingerprint density at radius 3 is 2.89 bits per heavy atom. The van der Waals surface area contributed by atoms with E-state index >= 15 is 0 Å². The van der Waals surface area contributed by atoms with Crippen molar-refractivity contribution in [3.63, 3.8) is 0 Å². The highest BCUT2D eigenvalue weighted by Gasteiger charge is 2.21. The molecule has 0 saturated carbocycles. The summed E-state index contributed by atoms with van der Waals surface area (Å²) < 4.78 is 5.49. The van der Waals surface area contributed by atoms with Gasteiger partial charge in [-0.1, -0.05) is 19.9 Å². The molecule has 0 aliphatic rings. The molecule has 4 nitrogen and oxygen atoms in total. The Labute approximate surface area is 108 Å². The van der Waals surface area contributed by atoms with Gasteiger partial charge in [0, 0.05) is 32.0 Å². The Balaban J connectivity index is 2.23. The van der Waals surface area contributed by atoms with Crippen molar-refractivity contribution < 1.29 is 4.42 Å². The number of fused-ring (bicyclic) bond motifs is 1. The van der Waals surface area contributed by atoms with Gasteiger partial charge in [-0.2, -0.15) is 0 Å². The summed E-state index contributed by atoms with van der Waals surface area (Å²) in [5.41, 5.74) is 8.57. The van der Waals surface area contributed by atoms with Gasteiger partial charge in [0.25, 0.3) is 0 Å². The van der Waals surface area contributed by atoms with Gasteiger partial charge in [-0.3, -0.25) is 0 Å². The number of aromatic nitrogens is 1. The third-order valence-corrected chi connectivity index (χ3v) is 3.16. The molecule has 1 aromatic carbocycles. The number of nitrogens with two attached hydrogens (primary N) is 1. The molecule has 2 aromatic rings. The zero-order valence-electron chi connectivity index (χ0n) is 11.3. The maximum Gasteiger partial charge on any atom is 0.192 e. The number of hydrogen-bond donors (Lipinski definition) is 2. The Morgan fingerprint density at radius 2 is 2.17 bits per heavy atom. The first-order chi connectivity index (χ1) is 8.53. The fraction of sp³-hybridized carbons (Fsp3) is 0.500. The average Bonchev–Trinajstić information content (AvgIpc) is 2.68. The molecule has 0 saturated heterocycles. The number of nitrogens with one attached hydrogen (secondary N) is 1. The van der Waals surface area contributed by atoms with Crippen LogP contribution in [0.5, 0.6) is 0 Å². The second-order valence-electron chi connectivity index (χ2n) is 5.26. The van der Waals surface area contributed by atoms with E-state index in [2.05, 4.69) is 36.3 Å². The molecule has 0 aliphatic carbocycles. The molecule has 0 bridgehead atoms. The molecular formula is C14H21N3O. The summed E-state index contributed by atoms with van der Waals surface area (Å²) in [6, 6.07) is 6.21. The summed E-state index contributed by atoms with van der Waals surface area (Å²) in [5, 5.41) is 3.36. The van der Waals surface area contributed by atoms with E-state index in [1.165, 1.54) is 5.56 Å². The van der Waals surface area contributed by atoms with Gasteiger partial charge >= 0.3 is 0 Å². The summed E-state index contributed by atoms with van der Waals surface area (Å²) in [4.78, 5) is 4.38. The van der Waals surface area contributed by atoms with Crippen LogP contribution in [0, 0.1) is 6.92 Å². The quantitative estimate of drug-likeness (QED) is 0.793. The molecule has 0 aliphatic heterocycles. The molecule has 3 N–H and O–H groups in total. The number of hydrogen-bond acceptors (Lipinski definition) is 4. The number of nitrogens with zero attached hydrogens (tertiary/aromatic N) is 1. The Kier molecular flexibility index (Phi) is 3.68. The van der Waals surface area contributed by atoms with Crippen LogP contribution in [0.3, 0.4) is 0 Å². The van der Waals surface area contributed by atoms with Crippen LogP contribution < -0.4 is 11.1 Å². The molecule has 0 amide bonds. The minimum atomic E-state index is 0.0518. The first kappa shape index (κ1) is 13.1. The van der Waals surface area contributed by atoms with Gasteiger partial charge < -0.3 is 15.5 Å². The molecule has 0 spiro atoms. The summed E-state index contributed by atoms with van der Waals surface area (Å²) in [7, 11) is 0. The van der Waals surface area contributed by atoms with Crippen molar-refractivity contribution in [2.75, 3.05) is 19.6 Å². The number of aryl methyl sites for hydroxylation is 1. The second-order valence-corrected chi connectivity index (χ2v) is 5.26. The van der Waals surface area contributed by atoms with Crippen molar-refractivity contribution in [3.8, 4) is 0 Å². The monoisotopic (exact) mass is 247 g/mol. The van der Waals surface area contributed by atoms with E-state index in [0.29, 0.717) is 12.4 Å². The Bertz CT molecular complexity index is 531. The SMILES string of the molecule is Cc1nc2cc(C(C)(C)CNCCN)ccc2o1. The number of rotatable bonds is 5. The van der Waals surface area contributed by atoms with Crippen LogP contribution in [0.1, 0.15) is 25.3 Å². The molecule has 4 heteroatoms. The van der Waals surface area contributed by atoms with Crippen molar-refractivity contribution >= 4 is 11.1 Å². The van der Waals surface area contributed by atoms with Crippen LogP contribution in [0.2, 0.25) is 0 Å². The fourth-order valence-corrected chi connectivity index (χ4v) is 2.07. The lowest BCUT2D eigenvalue weighted by molar-refractivity contribution is 0.473.